The van der Waals surface area contributed by atoms with Crippen LogP contribution in [0.25, 0.3) is 0 Å². The predicted octanol–water partition coefficient (Wildman–Crippen LogP) is 2.51. The zero-order valence-electron chi connectivity index (χ0n) is 12.7. The minimum absolute atomic E-state index is 0.676. The monoisotopic (exact) mass is 256 g/mol. The van der Waals surface area contributed by atoms with E-state index in [0.29, 0.717) is 6.04 Å². The first kappa shape index (κ1) is 15.9. The summed E-state index contributed by atoms with van der Waals surface area (Å²) in [5.74, 6) is 0.879. The summed E-state index contributed by atoms with van der Waals surface area (Å²) in [6.45, 7) is 7.75. The molecule has 0 aromatic rings. The van der Waals surface area contributed by atoms with Gasteiger partial charge in [-0.25, -0.2) is 0 Å². The normalized spacial score (nSPS) is 25.8. The molecule has 0 spiro atoms. The van der Waals surface area contributed by atoms with Gasteiger partial charge in [0.25, 0.3) is 0 Å². The Hall–Kier alpha value is -0.120. The van der Waals surface area contributed by atoms with Crippen molar-refractivity contribution in [1.29, 1.82) is 0 Å². The lowest BCUT2D eigenvalue weighted by Gasteiger charge is -2.30. The molecule has 0 aromatic heterocycles. The third-order valence-electron chi connectivity index (χ3n) is 4.61. The predicted molar refractivity (Wildman–Crippen MR) is 78.0 cm³/mol. The number of hydrogen-bond acceptors (Lipinski definition) is 3. The second-order valence-corrected chi connectivity index (χ2v) is 5.66. The fourth-order valence-electron chi connectivity index (χ4n) is 3.11. The van der Waals surface area contributed by atoms with Crippen molar-refractivity contribution in [3.8, 4) is 0 Å². The van der Waals surface area contributed by atoms with E-state index in [1.54, 1.807) is 7.11 Å². The smallest absolute Gasteiger partial charge is 0.0589 e. The Balaban J connectivity index is 2.35. The van der Waals surface area contributed by atoms with Gasteiger partial charge in [0.2, 0.25) is 0 Å². The van der Waals surface area contributed by atoms with Gasteiger partial charge in [-0.2, -0.15) is 0 Å². The lowest BCUT2D eigenvalue weighted by molar-refractivity contribution is 0.116. The molecular weight excluding hydrogens is 224 g/mol. The van der Waals surface area contributed by atoms with Crippen molar-refractivity contribution in [2.24, 2.45) is 5.92 Å². The first-order valence-corrected chi connectivity index (χ1v) is 7.63. The molecule has 0 radical (unpaired) electrons. The molecule has 1 fully saturated rings. The van der Waals surface area contributed by atoms with Crippen molar-refractivity contribution in [3.05, 3.63) is 0 Å². The Morgan fingerprint density at radius 3 is 2.72 bits per heavy atom. The lowest BCUT2D eigenvalue weighted by atomic mass is 9.99. The van der Waals surface area contributed by atoms with Gasteiger partial charge in [-0.05, 0) is 52.1 Å². The number of ether oxygens (including phenoxy) is 1. The Kier molecular flexibility index (Phi) is 7.87. The Morgan fingerprint density at radius 2 is 2.11 bits per heavy atom. The third-order valence-corrected chi connectivity index (χ3v) is 4.61. The highest BCUT2D eigenvalue weighted by molar-refractivity contribution is 4.83. The van der Waals surface area contributed by atoms with Crippen LogP contribution >= 0.6 is 0 Å². The highest BCUT2D eigenvalue weighted by atomic mass is 16.5. The van der Waals surface area contributed by atoms with E-state index < -0.39 is 0 Å². The molecule has 0 aliphatic heterocycles. The zero-order chi connectivity index (χ0) is 13.4. The largest absolute Gasteiger partial charge is 0.383 e. The molecular formula is C15H32N2O. The molecule has 0 aromatic carbocycles. The maximum atomic E-state index is 5.23. The van der Waals surface area contributed by atoms with Crippen molar-refractivity contribution in [2.45, 2.75) is 58.0 Å². The minimum atomic E-state index is 0.676. The minimum Gasteiger partial charge on any atom is -0.383 e. The highest BCUT2D eigenvalue weighted by Gasteiger charge is 2.26. The third kappa shape index (κ3) is 4.87. The van der Waals surface area contributed by atoms with Crippen molar-refractivity contribution in [1.82, 2.24) is 10.2 Å². The Labute approximate surface area is 113 Å². The number of nitrogens with one attached hydrogen (secondary N) is 1. The highest BCUT2D eigenvalue weighted by Crippen LogP contribution is 2.28. The van der Waals surface area contributed by atoms with Crippen LogP contribution < -0.4 is 5.32 Å². The zero-order valence-corrected chi connectivity index (χ0v) is 12.7. The van der Waals surface area contributed by atoms with Crippen LogP contribution in [0.4, 0.5) is 0 Å². The maximum absolute atomic E-state index is 5.23. The first-order valence-electron chi connectivity index (χ1n) is 7.63. The number of hydrogen-bond donors (Lipinski definition) is 1. The van der Waals surface area contributed by atoms with Gasteiger partial charge in [0.15, 0.2) is 0 Å². The summed E-state index contributed by atoms with van der Waals surface area (Å²) >= 11 is 0. The van der Waals surface area contributed by atoms with Gasteiger partial charge in [-0.15, -0.1) is 0 Å². The van der Waals surface area contributed by atoms with Crippen LogP contribution in [0.3, 0.4) is 0 Å². The summed E-state index contributed by atoms with van der Waals surface area (Å²) in [5.41, 5.74) is 0. The molecule has 0 heterocycles. The number of nitrogens with zero attached hydrogens (tertiary/aromatic N) is 1. The molecule has 0 amide bonds. The van der Waals surface area contributed by atoms with Gasteiger partial charge in [-0.3, -0.25) is 4.90 Å². The standard InChI is InChI=1S/C15H32N2O/c1-5-13(2)17(11-12-18-4)10-9-14-7-6-8-15(14)16-3/h13-16H,5-12H2,1-4H3. The van der Waals surface area contributed by atoms with Crippen LogP contribution in [0.1, 0.15) is 46.0 Å². The lowest BCUT2D eigenvalue weighted by Crippen LogP contribution is -2.38. The summed E-state index contributed by atoms with van der Waals surface area (Å²) in [4.78, 5) is 2.59. The Bertz CT molecular complexity index is 211. The Morgan fingerprint density at radius 1 is 1.33 bits per heavy atom. The fourth-order valence-corrected chi connectivity index (χ4v) is 3.11. The molecule has 108 valence electrons. The van der Waals surface area contributed by atoms with E-state index in [1.807, 2.05) is 0 Å². The summed E-state index contributed by atoms with van der Waals surface area (Å²) in [7, 11) is 3.91. The van der Waals surface area contributed by atoms with E-state index in [2.05, 4.69) is 31.1 Å². The summed E-state index contributed by atoms with van der Waals surface area (Å²) in [6, 6.07) is 1.43. The fraction of sp³-hybridized carbons (Fsp3) is 1.00. The molecule has 18 heavy (non-hydrogen) atoms. The van der Waals surface area contributed by atoms with Crippen molar-refractivity contribution < 1.29 is 4.74 Å². The van der Waals surface area contributed by atoms with E-state index in [4.69, 9.17) is 4.74 Å². The molecule has 1 N–H and O–H groups in total. The van der Waals surface area contributed by atoms with Crippen LogP contribution in [-0.4, -0.2) is 50.8 Å². The van der Waals surface area contributed by atoms with Gasteiger partial charge in [0, 0.05) is 25.7 Å². The molecule has 3 atom stereocenters. The molecule has 0 saturated heterocycles. The van der Waals surface area contributed by atoms with E-state index in [1.165, 1.54) is 38.6 Å². The van der Waals surface area contributed by atoms with Gasteiger partial charge in [0.05, 0.1) is 6.61 Å². The molecule has 0 bridgehead atoms. The maximum Gasteiger partial charge on any atom is 0.0589 e. The SMILES string of the molecule is CCC(C)N(CCOC)CCC1CCCC1NC. The quantitative estimate of drug-likeness (QED) is 0.686. The average Bonchev–Trinajstić information content (AvgIpc) is 2.85. The second kappa shape index (κ2) is 8.89. The van der Waals surface area contributed by atoms with Crippen molar-refractivity contribution in [3.63, 3.8) is 0 Å². The van der Waals surface area contributed by atoms with Crippen LogP contribution in [0.15, 0.2) is 0 Å². The summed E-state index contributed by atoms with van der Waals surface area (Å²) in [5, 5.41) is 3.48. The van der Waals surface area contributed by atoms with Gasteiger partial charge in [0.1, 0.15) is 0 Å². The molecule has 3 heteroatoms. The average molecular weight is 256 g/mol. The van der Waals surface area contributed by atoms with Crippen molar-refractivity contribution >= 4 is 0 Å². The number of rotatable bonds is 9. The molecule has 1 aliphatic rings. The molecule has 3 unspecified atom stereocenters. The van der Waals surface area contributed by atoms with E-state index >= 15 is 0 Å². The molecule has 1 saturated carbocycles. The van der Waals surface area contributed by atoms with E-state index in [0.717, 1.165) is 25.1 Å². The van der Waals surface area contributed by atoms with Gasteiger partial charge < -0.3 is 10.1 Å². The van der Waals surface area contributed by atoms with Crippen molar-refractivity contribution in [2.75, 3.05) is 33.9 Å². The van der Waals surface area contributed by atoms with E-state index in [9.17, 15) is 0 Å². The topological polar surface area (TPSA) is 24.5 Å². The van der Waals surface area contributed by atoms with Crippen LogP contribution in [0.5, 0.6) is 0 Å². The van der Waals surface area contributed by atoms with Crippen LogP contribution in [0, 0.1) is 5.92 Å². The molecule has 1 rings (SSSR count). The van der Waals surface area contributed by atoms with E-state index in [-0.39, 0.29) is 0 Å². The van der Waals surface area contributed by atoms with Gasteiger partial charge in [-0.1, -0.05) is 13.3 Å². The summed E-state index contributed by atoms with van der Waals surface area (Å²) in [6.07, 6.45) is 6.73. The first-order chi connectivity index (χ1) is 8.72. The summed E-state index contributed by atoms with van der Waals surface area (Å²) < 4.78 is 5.23. The number of methoxy groups -OCH3 is 1. The van der Waals surface area contributed by atoms with Crippen LogP contribution in [0.2, 0.25) is 0 Å². The van der Waals surface area contributed by atoms with Gasteiger partial charge >= 0.3 is 0 Å². The van der Waals surface area contributed by atoms with Crippen LogP contribution in [-0.2, 0) is 4.74 Å². The molecule has 3 nitrogen and oxygen atoms in total. The second-order valence-electron chi connectivity index (χ2n) is 5.66. The molecule has 1 aliphatic carbocycles.